The van der Waals surface area contributed by atoms with Gasteiger partial charge >= 0.3 is 5.97 Å². The van der Waals surface area contributed by atoms with E-state index in [9.17, 15) is 4.79 Å². The van der Waals surface area contributed by atoms with E-state index in [1.165, 1.54) is 17.3 Å². The smallest absolute Gasteiger partial charge is 0.313 e. The Balaban J connectivity index is 1.97. The second-order valence-corrected chi connectivity index (χ2v) is 6.54. The van der Waals surface area contributed by atoms with E-state index in [1.54, 1.807) is 0 Å². The lowest BCUT2D eigenvalue weighted by Gasteiger charge is -2.10. The highest BCUT2D eigenvalue weighted by Crippen LogP contribution is 2.24. The van der Waals surface area contributed by atoms with Crippen molar-refractivity contribution >= 4 is 17.7 Å². The van der Waals surface area contributed by atoms with E-state index in [0.717, 1.165) is 23.5 Å². The average molecular weight is 353 g/mol. The fraction of sp³-hybridized carbons (Fsp3) is 0.211. The van der Waals surface area contributed by atoms with Crippen LogP contribution in [0.25, 0.3) is 5.69 Å². The molecule has 0 amide bonds. The third-order valence-corrected chi connectivity index (χ3v) is 4.75. The van der Waals surface area contributed by atoms with Gasteiger partial charge in [-0.25, -0.2) is 0 Å². The number of aliphatic carboxylic acids is 1. The summed E-state index contributed by atoms with van der Waals surface area (Å²) in [5, 5.41) is 18.1. The van der Waals surface area contributed by atoms with Crippen molar-refractivity contribution in [1.82, 2.24) is 14.8 Å². The van der Waals surface area contributed by atoms with Crippen molar-refractivity contribution in [1.29, 1.82) is 0 Å². The van der Waals surface area contributed by atoms with Crippen molar-refractivity contribution in [3.63, 3.8) is 0 Å². The maximum Gasteiger partial charge on any atom is 0.313 e. The van der Waals surface area contributed by atoms with Gasteiger partial charge in [-0.1, -0.05) is 61.2 Å². The molecule has 0 bridgehead atoms. The van der Waals surface area contributed by atoms with Crippen LogP contribution in [0.3, 0.4) is 0 Å². The summed E-state index contributed by atoms with van der Waals surface area (Å²) < 4.78 is 1.94. The van der Waals surface area contributed by atoms with Crippen LogP contribution >= 0.6 is 11.8 Å². The van der Waals surface area contributed by atoms with Gasteiger partial charge in [0.25, 0.3) is 0 Å². The van der Waals surface area contributed by atoms with E-state index < -0.39 is 5.97 Å². The molecule has 5 nitrogen and oxygen atoms in total. The second kappa shape index (κ2) is 7.98. The van der Waals surface area contributed by atoms with E-state index in [4.69, 9.17) is 5.11 Å². The molecule has 0 radical (unpaired) electrons. The minimum atomic E-state index is -0.870. The summed E-state index contributed by atoms with van der Waals surface area (Å²) in [6.07, 6.45) is 1.61. The van der Waals surface area contributed by atoms with Gasteiger partial charge in [-0.05, 0) is 29.7 Å². The van der Waals surface area contributed by atoms with Crippen molar-refractivity contribution in [3.05, 3.63) is 71.5 Å². The Morgan fingerprint density at radius 1 is 1.04 bits per heavy atom. The molecular weight excluding hydrogens is 334 g/mol. The molecule has 0 saturated heterocycles. The van der Waals surface area contributed by atoms with Crippen LogP contribution in [-0.2, 0) is 17.6 Å². The number of carbonyl (C=O) groups is 1. The first-order valence-electron chi connectivity index (χ1n) is 8.09. The average Bonchev–Trinajstić information content (AvgIpc) is 3.03. The molecule has 0 fully saturated rings. The Labute approximate surface area is 150 Å². The number of aromatic nitrogens is 3. The number of carboxylic acids is 1. The Kier molecular flexibility index (Phi) is 5.50. The summed E-state index contributed by atoms with van der Waals surface area (Å²) in [6, 6.07) is 18.3. The number of benzene rings is 2. The molecule has 6 heteroatoms. The van der Waals surface area contributed by atoms with E-state index in [1.807, 2.05) is 47.0 Å². The number of aryl methyl sites for hydroxylation is 1. The summed E-state index contributed by atoms with van der Waals surface area (Å²) in [6.45, 7) is 2.11. The highest BCUT2D eigenvalue weighted by atomic mass is 32.2. The maximum atomic E-state index is 10.9. The lowest BCUT2D eigenvalue weighted by atomic mass is 10.1. The van der Waals surface area contributed by atoms with Gasteiger partial charge in [0.1, 0.15) is 5.82 Å². The molecule has 3 rings (SSSR count). The molecule has 0 aliphatic heterocycles. The van der Waals surface area contributed by atoms with Crippen LogP contribution in [0.4, 0.5) is 0 Å². The summed E-state index contributed by atoms with van der Waals surface area (Å²) >= 11 is 1.18. The van der Waals surface area contributed by atoms with Gasteiger partial charge in [-0.3, -0.25) is 9.36 Å². The van der Waals surface area contributed by atoms with Gasteiger partial charge in [0, 0.05) is 12.1 Å². The maximum absolute atomic E-state index is 10.9. The van der Waals surface area contributed by atoms with Gasteiger partial charge in [0.05, 0.1) is 5.75 Å². The van der Waals surface area contributed by atoms with Crippen LogP contribution in [-0.4, -0.2) is 31.6 Å². The van der Waals surface area contributed by atoms with E-state index in [0.29, 0.717) is 11.6 Å². The summed E-state index contributed by atoms with van der Waals surface area (Å²) in [5.41, 5.74) is 3.33. The standard InChI is InChI=1S/C19H19N3O2S/c1-2-14-8-10-16(11-9-14)22-17(12-15-6-4-3-5-7-15)20-21-19(22)25-13-18(23)24/h3-11H,2,12-13H2,1H3,(H,23,24). The largest absolute Gasteiger partial charge is 0.481 e. The quantitative estimate of drug-likeness (QED) is 0.657. The van der Waals surface area contributed by atoms with Crippen molar-refractivity contribution < 1.29 is 9.90 Å². The zero-order valence-electron chi connectivity index (χ0n) is 13.9. The third-order valence-electron chi connectivity index (χ3n) is 3.83. The van der Waals surface area contributed by atoms with E-state index in [-0.39, 0.29) is 5.75 Å². The first-order valence-corrected chi connectivity index (χ1v) is 9.08. The lowest BCUT2D eigenvalue weighted by Crippen LogP contribution is -2.05. The molecule has 1 N–H and O–H groups in total. The number of carboxylic acid groups (broad SMARTS) is 1. The SMILES string of the molecule is CCc1ccc(-n2c(Cc3ccccc3)nnc2SCC(=O)O)cc1. The van der Waals surface area contributed by atoms with Crippen molar-refractivity contribution in [3.8, 4) is 5.69 Å². The van der Waals surface area contributed by atoms with Gasteiger partial charge in [0.2, 0.25) is 0 Å². The molecule has 0 atom stereocenters. The predicted octanol–water partition coefficient (Wildman–Crippen LogP) is 3.60. The third kappa shape index (κ3) is 4.28. The molecule has 1 heterocycles. The predicted molar refractivity (Wildman–Crippen MR) is 98.3 cm³/mol. The highest BCUT2D eigenvalue weighted by molar-refractivity contribution is 7.99. The molecular formula is C19H19N3O2S. The topological polar surface area (TPSA) is 68.0 Å². The minimum absolute atomic E-state index is 0.0451. The molecule has 2 aromatic carbocycles. The Morgan fingerprint density at radius 2 is 1.76 bits per heavy atom. The zero-order chi connectivity index (χ0) is 17.6. The van der Waals surface area contributed by atoms with Crippen molar-refractivity contribution in [2.75, 3.05) is 5.75 Å². The van der Waals surface area contributed by atoms with E-state index >= 15 is 0 Å². The van der Waals surface area contributed by atoms with Crippen LogP contribution in [0.15, 0.2) is 59.8 Å². The summed E-state index contributed by atoms with van der Waals surface area (Å²) in [7, 11) is 0. The van der Waals surface area contributed by atoms with Gasteiger partial charge in [-0.2, -0.15) is 0 Å². The molecule has 25 heavy (non-hydrogen) atoms. The fourth-order valence-electron chi connectivity index (χ4n) is 2.55. The molecule has 1 aromatic heterocycles. The molecule has 0 aliphatic carbocycles. The molecule has 0 aliphatic rings. The van der Waals surface area contributed by atoms with Crippen LogP contribution in [0.2, 0.25) is 0 Å². The number of hydrogen-bond donors (Lipinski definition) is 1. The number of thioether (sulfide) groups is 1. The Bertz CT molecular complexity index is 845. The molecule has 0 unspecified atom stereocenters. The lowest BCUT2D eigenvalue weighted by molar-refractivity contribution is -0.133. The van der Waals surface area contributed by atoms with Crippen LogP contribution < -0.4 is 0 Å². The zero-order valence-corrected chi connectivity index (χ0v) is 14.7. The first kappa shape index (κ1) is 17.2. The number of hydrogen-bond acceptors (Lipinski definition) is 4. The van der Waals surface area contributed by atoms with Crippen LogP contribution in [0, 0.1) is 0 Å². The van der Waals surface area contributed by atoms with Crippen LogP contribution in [0.5, 0.6) is 0 Å². The Morgan fingerprint density at radius 3 is 2.40 bits per heavy atom. The van der Waals surface area contributed by atoms with E-state index in [2.05, 4.69) is 29.3 Å². The van der Waals surface area contributed by atoms with Crippen molar-refractivity contribution in [2.45, 2.75) is 24.9 Å². The highest BCUT2D eigenvalue weighted by Gasteiger charge is 2.16. The van der Waals surface area contributed by atoms with Crippen LogP contribution in [0.1, 0.15) is 23.9 Å². The fourth-order valence-corrected chi connectivity index (χ4v) is 3.24. The van der Waals surface area contributed by atoms with Gasteiger partial charge in [-0.15, -0.1) is 10.2 Å². The van der Waals surface area contributed by atoms with Crippen molar-refractivity contribution in [2.24, 2.45) is 0 Å². The minimum Gasteiger partial charge on any atom is -0.481 e. The number of rotatable bonds is 7. The first-order chi connectivity index (χ1) is 12.2. The molecule has 3 aromatic rings. The molecule has 0 spiro atoms. The van der Waals surface area contributed by atoms with Gasteiger partial charge < -0.3 is 5.11 Å². The normalized spacial score (nSPS) is 10.8. The second-order valence-electron chi connectivity index (χ2n) is 5.60. The summed E-state index contributed by atoms with van der Waals surface area (Å²) in [5.74, 6) is -0.120. The summed E-state index contributed by atoms with van der Waals surface area (Å²) in [4.78, 5) is 10.9. The van der Waals surface area contributed by atoms with Gasteiger partial charge in [0.15, 0.2) is 5.16 Å². The molecule has 0 saturated carbocycles. The molecule has 128 valence electrons. The Hall–Kier alpha value is -2.60. The number of nitrogens with zero attached hydrogens (tertiary/aromatic N) is 3. The monoisotopic (exact) mass is 353 g/mol.